The largest absolute Gasteiger partial charge is 0.261 e. The smallest absolute Gasteiger partial charge is 0.212 e. The van der Waals surface area contributed by atoms with Gasteiger partial charge in [0.1, 0.15) is 0 Å². The zero-order valence-corrected chi connectivity index (χ0v) is 14.1. The lowest BCUT2D eigenvalue weighted by Gasteiger charge is -2.25. The van der Waals surface area contributed by atoms with Gasteiger partial charge in [-0.1, -0.05) is 37.9 Å². The number of halogens is 2. The fourth-order valence-electron chi connectivity index (χ4n) is 1.30. The quantitative estimate of drug-likeness (QED) is 0.714. The van der Waals surface area contributed by atoms with E-state index in [1.165, 1.54) is 0 Å². The molecule has 0 unspecified atom stereocenters. The van der Waals surface area contributed by atoms with Crippen molar-refractivity contribution in [3.63, 3.8) is 0 Å². The van der Waals surface area contributed by atoms with E-state index in [1.54, 1.807) is 6.20 Å². The molecule has 0 saturated carbocycles. The van der Waals surface area contributed by atoms with Crippen LogP contribution < -0.4 is 4.72 Å². The summed E-state index contributed by atoms with van der Waals surface area (Å²) in [4.78, 5) is 4.11. The van der Waals surface area contributed by atoms with Gasteiger partial charge in [0.25, 0.3) is 0 Å². The molecule has 1 aromatic heterocycles. The fourth-order valence-corrected chi connectivity index (χ4v) is 4.36. The minimum Gasteiger partial charge on any atom is -0.261 e. The molecule has 0 spiro atoms. The fraction of sp³-hybridized carbons (Fsp3) is 0.545. The van der Waals surface area contributed by atoms with E-state index >= 15 is 0 Å². The van der Waals surface area contributed by atoms with Crippen LogP contribution in [-0.4, -0.2) is 35.4 Å². The summed E-state index contributed by atoms with van der Waals surface area (Å²) in [6, 6.07) is 5.48. The second-order valence-electron chi connectivity index (χ2n) is 4.32. The number of sulfonamides is 1. The highest BCUT2D eigenvalue weighted by Crippen LogP contribution is 2.13. The third-order valence-electron chi connectivity index (χ3n) is 2.34. The van der Waals surface area contributed by atoms with Gasteiger partial charge in [0.05, 0.1) is 5.75 Å². The first-order valence-corrected chi connectivity index (χ1v) is 9.34. The standard InChI is InChI=1S/C11H16Br2N2O2S/c1-11(8-12,9-13)15-18(16,17)7-5-10-4-2-3-6-14-10/h2-4,6,15H,5,7-9H2,1H3. The highest BCUT2D eigenvalue weighted by Gasteiger charge is 2.27. The molecule has 0 aliphatic rings. The Labute approximate surface area is 125 Å². The summed E-state index contributed by atoms with van der Waals surface area (Å²) in [6.45, 7) is 1.84. The van der Waals surface area contributed by atoms with Crippen LogP contribution in [0.25, 0.3) is 0 Å². The van der Waals surface area contributed by atoms with Gasteiger partial charge in [-0.05, 0) is 19.1 Å². The summed E-state index contributed by atoms with van der Waals surface area (Å²) >= 11 is 6.62. The molecular weight excluding hydrogens is 384 g/mol. The van der Waals surface area contributed by atoms with Crippen LogP contribution in [0.1, 0.15) is 12.6 Å². The van der Waals surface area contributed by atoms with E-state index in [1.807, 2.05) is 25.1 Å². The van der Waals surface area contributed by atoms with Gasteiger partial charge in [0.2, 0.25) is 10.0 Å². The number of alkyl halides is 2. The first-order valence-electron chi connectivity index (χ1n) is 5.44. The Morgan fingerprint density at radius 2 is 2.00 bits per heavy atom. The van der Waals surface area contributed by atoms with Crippen LogP contribution in [0.2, 0.25) is 0 Å². The third kappa shape index (κ3) is 5.34. The summed E-state index contributed by atoms with van der Waals surface area (Å²) in [6.07, 6.45) is 2.08. The molecule has 1 heterocycles. The second kappa shape index (κ2) is 6.98. The average Bonchev–Trinajstić information content (AvgIpc) is 2.37. The van der Waals surface area contributed by atoms with E-state index in [9.17, 15) is 8.42 Å². The molecule has 0 aromatic carbocycles. The molecule has 102 valence electrons. The van der Waals surface area contributed by atoms with Crippen molar-refractivity contribution >= 4 is 41.9 Å². The molecule has 1 rings (SSSR count). The van der Waals surface area contributed by atoms with Crippen molar-refractivity contribution in [1.29, 1.82) is 0 Å². The van der Waals surface area contributed by atoms with Gasteiger partial charge in [0.15, 0.2) is 0 Å². The van der Waals surface area contributed by atoms with Crippen molar-refractivity contribution in [1.82, 2.24) is 9.71 Å². The number of rotatable bonds is 7. The van der Waals surface area contributed by atoms with E-state index in [-0.39, 0.29) is 5.75 Å². The Morgan fingerprint density at radius 3 is 2.50 bits per heavy atom. The predicted molar refractivity (Wildman–Crippen MR) is 80.9 cm³/mol. The number of aryl methyl sites for hydroxylation is 1. The first kappa shape index (κ1) is 16.1. The zero-order chi connectivity index (χ0) is 13.6. The zero-order valence-electron chi connectivity index (χ0n) is 10.1. The van der Waals surface area contributed by atoms with Gasteiger partial charge < -0.3 is 0 Å². The Hall–Kier alpha value is 0.0200. The normalized spacial score (nSPS) is 12.6. The SMILES string of the molecule is CC(CBr)(CBr)NS(=O)(=O)CCc1ccccn1. The van der Waals surface area contributed by atoms with Crippen molar-refractivity contribution in [2.75, 3.05) is 16.4 Å². The highest BCUT2D eigenvalue weighted by molar-refractivity contribution is 9.09. The van der Waals surface area contributed by atoms with Gasteiger partial charge in [0, 0.05) is 34.5 Å². The number of hydrogen-bond acceptors (Lipinski definition) is 3. The Kier molecular flexibility index (Phi) is 6.23. The molecule has 1 aromatic rings. The van der Waals surface area contributed by atoms with Gasteiger partial charge in [-0.3, -0.25) is 4.98 Å². The lowest BCUT2D eigenvalue weighted by molar-refractivity contribution is 0.508. The van der Waals surface area contributed by atoms with Crippen molar-refractivity contribution in [2.45, 2.75) is 18.9 Å². The molecule has 4 nitrogen and oxygen atoms in total. The Balaban J connectivity index is 2.61. The Bertz CT molecular complexity index is 461. The van der Waals surface area contributed by atoms with Crippen molar-refractivity contribution in [3.8, 4) is 0 Å². The number of nitrogens with zero attached hydrogens (tertiary/aromatic N) is 1. The van der Waals surface area contributed by atoms with Crippen LogP contribution in [0.5, 0.6) is 0 Å². The second-order valence-corrected chi connectivity index (χ2v) is 7.28. The Morgan fingerprint density at radius 1 is 1.33 bits per heavy atom. The average molecular weight is 400 g/mol. The molecule has 0 fully saturated rings. The molecule has 0 atom stereocenters. The van der Waals surface area contributed by atoms with E-state index in [4.69, 9.17) is 0 Å². The van der Waals surface area contributed by atoms with Crippen molar-refractivity contribution < 1.29 is 8.42 Å². The summed E-state index contributed by atoms with van der Waals surface area (Å²) in [5.74, 6) is 0.0413. The molecule has 18 heavy (non-hydrogen) atoms. The van der Waals surface area contributed by atoms with E-state index in [0.717, 1.165) is 5.69 Å². The van der Waals surface area contributed by atoms with Crippen LogP contribution in [0.4, 0.5) is 0 Å². The maximum atomic E-state index is 12.0. The number of pyridine rings is 1. The van der Waals surface area contributed by atoms with Crippen LogP contribution in [0.3, 0.4) is 0 Å². The van der Waals surface area contributed by atoms with Crippen LogP contribution in [0, 0.1) is 0 Å². The van der Waals surface area contributed by atoms with Crippen LogP contribution >= 0.6 is 31.9 Å². The van der Waals surface area contributed by atoms with Gasteiger partial charge in [-0.15, -0.1) is 0 Å². The van der Waals surface area contributed by atoms with Gasteiger partial charge in [-0.2, -0.15) is 0 Å². The maximum absolute atomic E-state index is 12.0. The lowest BCUT2D eigenvalue weighted by Crippen LogP contribution is -2.49. The molecule has 7 heteroatoms. The number of hydrogen-bond donors (Lipinski definition) is 1. The monoisotopic (exact) mass is 398 g/mol. The summed E-state index contributed by atoms with van der Waals surface area (Å²) in [5.41, 5.74) is 0.269. The molecular formula is C11H16Br2N2O2S. The van der Waals surface area contributed by atoms with Crippen LogP contribution in [-0.2, 0) is 16.4 Å². The van der Waals surface area contributed by atoms with Gasteiger partial charge >= 0.3 is 0 Å². The topological polar surface area (TPSA) is 59.1 Å². The summed E-state index contributed by atoms with van der Waals surface area (Å²) in [5, 5.41) is 1.10. The number of nitrogens with one attached hydrogen (secondary N) is 1. The predicted octanol–water partition coefficient (Wildman–Crippen LogP) is 2.09. The van der Waals surface area contributed by atoms with E-state index in [0.29, 0.717) is 17.1 Å². The molecule has 0 saturated heterocycles. The number of aromatic nitrogens is 1. The summed E-state index contributed by atoms with van der Waals surface area (Å²) in [7, 11) is -3.31. The minimum atomic E-state index is -3.31. The van der Waals surface area contributed by atoms with Crippen LogP contribution in [0.15, 0.2) is 24.4 Å². The van der Waals surface area contributed by atoms with Gasteiger partial charge in [-0.25, -0.2) is 13.1 Å². The van der Waals surface area contributed by atoms with E-state index < -0.39 is 15.6 Å². The molecule has 0 bridgehead atoms. The first-order chi connectivity index (χ1) is 8.41. The lowest BCUT2D eigenvalue weighted by atomic mass is 10.1. The maximum Gasteiger partial charge on any atom is 0.212 e. The molecule has 1 N–H and O–H groups in total. The molecule has 0 aliphatic heterocycles. The minimum absolute atomic E-state index is 0.0413. The third-order valence-corrected chi connectivity index (χ3v) is 6.37. The summed E-state index contributed by atoms with van der Waals surface area (Å²) < 4.78 is 26.6. The van der Waals surface area contributed by atoms with Crippen molar-refractivity contribution in [2.24, 2.45) is 0 Å². The molecule has 0 amide bonds. The molecule has 0 radical (unpaired) electrons. The van der Waals surface area contributed by atoms with Crippen molar-refractivity contribution in [3.05, 3.63) is 30.1 Å². The van der Waals surface area contributed by atoms with E-state index in [2.05, 4.69) is 41.6 Å². The molecule has 0 aliphatic carbocycles. The highest BCUT2D eigenvalue weighted by atomic mass is 79.9.